The molecule has 5 fully saturated rings. The SMILES string of the molecule is CC1(C)CCC(c2ccc(Cl)cc2)=C(CN2CCN(c3ccc(C(=O)NS(=O)(=O)c4ccc(N[C@H](CCN5CC6CCC5CN6Cc5cc6c(cc5F)C(=O)N(C5CCC(=O)NC5=O)C6)CSc5ccccc5)c(S(=O)(=O)C(F)(F)F)c4)cc3)CC2)C1. The van der Waals surface area contributed by atoms with Crippen LogP contribution in [-0.2, 0) is 42.5 Å². The molecular formula is C63H69ClF4N8O8S3. The molecule has 6 heterocycles. The number of halogens is 5. The molecule has 0 saturated carbocycles. The predicted octanol–water partition coefficient (Wildman–Crippen LogP) is 9.75. The van der Waals surface area contributed by atoms with Crippen molar-refractivity contribution in [2.45, 2.75) is 123 Å². The Hall–Kier alpha value is -6.34. The molecule has 4 atom stereocenters. The third kappa shape index (κ3) is 13.9. The minimum absolute atomic E-state index is 0.0124. The van der Waals surface area contributed by atoms with Crippen LogP contribution in [0.1, 0.15) is 103 Å². The van der Waals surface area contributed by atoms with Crippen molar-refractivity contribution in [2.24, 2.45) is 5.41 Å². The molecule has 7 aliphatic rings. The van der Waals surface area contributed by atoms with Crippen LogP contribution in [0.2, 0.25) is 5.02 Å². The Morgan fingerprint density at radius 3 is 2.21 bits per heavy atom. The number of piperidine rings is 3. The number of alkyl halides is 3. The highest BCUT2D eigenvalue weighted by molar-refractivity contribution is 7.99. The summed E-state index contributed by atoms with van der Waals surface area (Å²) in [7, 11) is -11.1. The van der Waals surface area contributed by atoms with Crippen LogP contribution in [-0.4, -0.2) is 148 Å². The van der Waals surface area contributed by atoms with Crippen LogP contribution < -0.4 is 20.3 Å². The van der Waals surface area contributed by atoms with Gasteiger partial charge in [-0.25, -0.2) is 25.9 Å². The molecule has 12 rings (SSSR count). The maximum Gasteiger partial charge on any atom is 0.501 e. The van der Waals surface area contributed by atoms with E-state index in [2.05, 4.69) is 56.2 Å². The van der Waals surface area contributed by atoms with Crippen molar-refractivity contribution < 1.29 is 53.6 Å². The molecule has 16 nitrogen and oxygen atoms in total. The molecule has 1 aliphatic carbocycles. The van der Waals surface area contributed by atoms with Crippen LogP contribution in [0.5, 0.6) is 0 Å². The van der Waals surface area contributed by atoms with Crippen LogP contribution in [0.15, 0.2) is 129 Å². The summed E-state index contributed by atoms with van der Waals surface area (Å²) in [5.74, 6) is -2.75. The molecular weight excluding hydrogens is 1200 g/mol. The Balaban J connectivity index is 0.738. The van der Waals surface area contributed by atoms with E-state index in [1.807, 2.05) is 47.2 Å². The summed E-state index contributed by atoms with van der Waals surface area (Å²) < 4.78 is 116. The second-order valence-corrected chi connectivity index (χ2v) is 29.5. The number of imide groups is 1. The number of carbonyl (C=O) groups is 4. The van der Waals surface area contributed by atoms with E-state index < -0.39 is 82.4 Å². The fraction of sp³-hybridized carbons (Fsp3) is 0.429. The molecule has 0 spiro atoms. The maximum atomic E-state index is 15.8. The number of anilines is 2. The largest absolute Gasteiger partial charge is 0.501 e. The number of rotatable bonds is 19. The van der Waals surface area contributed by atoms with Gasteiger partial charge in [0, 0.05) is 128 Å². The Labute approximate surface area is 514 Å². The first-order valence-corrected chi connectivity index (χ1v) is 33.7. The Kier molecular flexibility index (Phi) is 18.1. The number of sulfone groups is 1. The Morgan fingerprint density at radius 2 is 1.53 bits per heavy atom. The average Bonchev–Trinajstić information content (AvgIpc) is 1.85. The molecule has 6 aliphatic heterocycles. The number of amides is 4. The summed E-state index contributed by atoms with van der Waals surface area (Å²) in [5.41, 5.74) is -0.111. The van der Waals surface area contributed by atoms with Gasteiger partial charge in [0.05, 0.1) is 10.6 Å². The quantitative estimate of drug-likeness (QED) is 0.0403. The van der Waals surface area contributed by atoms with Gasteiger partial charge in [0.15, 0.2) is 0 Å². The number of sulfonamides is 1. The molecule has 87 heavy (non-hydrogen) atoms. The molecule has 24 heteroatoms. The number of allylic oxidation sites excluding steroid dienone is 1. The van der Waals surface area contributed by atoms with Gasteiger partial charge in [0.25, 0.3) is 31.7 Å². The zero-order valence-electron chi connectivity index (χ0n) is 48.3. The van der Waals surface area contributed by atoms with Gasteiger partial charge in [-0.3, -0.25) is 39.2 Å². The van der Waals surface area contributed by atoms with Gasteiger partial charge in [0.1, 0.15) is 16.8 Å². The lowest BCUT2D eigenvalue weighted by Crippen LogP contribution is -2.62. The van der Waals surface area contributed by atoms with E-state index in [1.165, 1.54) is 51.6 Å². The average molecular weight is 1270 g/mol. The number of nitrogens with one attached hydrogen (secondary N) is 3. The highest BCUT2D eigenvalue weighted by atomic mass is 35.5. The number of nitrogens with zero attached hydrogens (tertiary/aromatic N) is 5. The first-order valence-electron chi connectivity index (χ1n) is 29.3. The zero-order valence-corrected chi connectivity index (χ0v) is 51.5. The number of fused-ring (bicyclic) bond motifs is 4. The lowest BCUT2D eigenvalue weighted by Gasteiger charge is -2.52. The third-order valence-electron chi connectivity index (χ3n) is 17.9. The van der Waals surface area contributed by atoms with E-state index in [-0.39, 0.29) is 60.3 Å². The normalized spacial score (nSPS) is 21.7. The number of carbonyl (C=O) groups excluding carboxylic acids is 4. The number of hydrogen-bond donors (Lipinski definition) is 3. The molecule has 5 saturated heterocycles. The van der Waals surface area contributed by atoms with Crippen molar-refractivity contribution in [3.63, 3.8) is 0 Å². The number of hydrogen-bond acceptors (Lipinski definition) is 14. The van der Waals surface area contributed by atoms with Gasteiger partial charge >= 0.3 is 5.51 Å². The lowest BCUT2D eigenvalue weighted by atomic mass is 9.73. The van der Waals surface area contributed by atoms with Crippen molar-refractivity contribution in [1.82, 2.24) is 29.6 Å². The van der Waals surface area contributed by atoms with Crippen molar-refractivity contribution in [3.8, 4) is 0 Å². The minimum Gasteiger partial charge on any atom is -0.380 e. The highest BCUT2D eigenvalue weighted by Gasteiger charge is 2.49. The first kappa shape index (κ1) is 62.3. The fourth-order valence-electron chi connectivity index (χ4n) is 13.1. The zero-order chi connectivity index (χ0) is 61.6. The monoisotopic (exact) mass is 1270 g/mol. The van der Waals surface area contributed by atoms with Gasteiger partial charge in [-0.2, -0.15) is 13.2 Å². The number of piperazine rings is 2. The van der Waals surface area contributed by atoms with Crippen molar-refractivity contribution in [1.29, 1.82) is 0 Å². The van der Waals surface area contributed by atoms with Crippen LogP contribution in [0.4, 0.5) is 28.9 Å². The molecule has 3 N–H and O–H groups in total. The molecule has 5 aromatic rings. The van der Waals surface area contributed by atoms with E-state index in [1.54, 1.807) is 18.2 Å². The van der Waals surface area contributed by atoms with Crippen LogP contribution in [0.3, 0.4) is 0 Å². The van der Waals surface area contributed by atoms with Gasteiger partial charge in [-0.05, 0) is 146 Å². The summed E-state index contributed by atoms with van der Waals surface area (Å²) >= 11 is 7.62. The van der Waals surface area contributed by atoms with Crippen molar-refractivity contribution in [2.75, 3.05) is 68.3 Å². The maximum absolute atomic E-state index is 15.8. The number of thioether (sulfide) groups is 1. The van der Waals surface area contributed by atoms with E-state index in [0.717, 1.165) is 74.5 Å². The smallest absolute Gasteiger partial charge is 0.380 e. The topological polar surface area (TPSA) is 189 Å². The van der Waals surface area contributed by atoms with E-state index in [4.69, 9.17) is 11.6 Å². The lowest BCUT2D eigenvalue weighted by molar-refractivity contribution is -0.136. The van der Waals surface area contributed by atoms with E-state index in [0.29, 0.717) is 61.4 Å². The van der Waals surface area contributed by atoms with E-state index >= 15 is 4.39 Å². The molecule has 3 unspecified atom stereocenters. The Bertz CT molecular complexity index is 3720. The molecule has 0 aromatic heterocycles. The van der Waals surface area contributed by atoms with E-state index in [9.17, 15) is 49.2 Å². The number of benzene rings is 5. The van der Waals surface area contributed by atoms with Crippen molar-refractivity contribution >= 4 is 83.8 Å². The standard InChI is InChI=1S/C63H69ClF4N8O8S3/c1-62(2)24-22-52(40-8-12-45(64)13-9-40)44(33-62)34-72-26-28-73(29-27-72)47-14-10-41(11-15-47)59(78)71-87(83,84)51-18-19-55(57(31-51)86(81,82)63(66,67)68)69-46(39-85-50-6-4-3-5-7-50)23-25-74-37-49-17-16-48(74)38-75(49)35-43-30-42-36-76(61(80)53(42)32-54(43)65)56-20-21-58(77)70-60(56)79/h3-15,18-19,30-32,46,48-49,56,69H,16-17,20-29,33-39H2,1-2H3,(H,71,78)(H,70,77,79)/t46-,48?,49?,56?/m1/s1. The Morgan fingerprint density at radius 1 is 0.828 bits per heavy atom. The predicted molar refractivity (Wildman–Crippen MR) is 326 cm³/mol. The second kappa shape index (κ2) is 25.3. The van der Waals surface area contributed by atoms with Crippen LogP contribution in [0.25, 0.3) is 5.57 Å². The van der Waals surface area contributed by atoms with Crippen molar-refractivity contribution in [3.05, 3.63) is 153 Å². The summed E-state index contributed by atoms with van der Waals surface area (Å²) in [6, 6.07) is 27.5. The van der Waals surface area contributed by atoms with Crippen LogP contribution >= 0.6 is 23.4 Å². The third-order valence-corrected chi connectivity index (χ3v) is 22.1. The molecule has 2 bridgehead atoms. The van der Waals surface area contributed by atoms with Gasteiger partial charge in [-0.15, -0.1) is 11.8 Å². The fourth-order valence-corrected chi connectivity index (χ4v) is 16.2. The summed E-state index contributed by atoms with van der Waals surface area (Å²) in [4.78, 5) is 60.5. The first-order chi connectivity index (χ1) is 41.4. The highest BCUT2D eigenvalue weighted by Crippen LogP contribution is 2.44. The minimum atomic E-state index is -6.18. The summed E-state index contributed by atoms with van der Waals surface area (Å²) in [6.45, 7) is 10.5. The summed E-state index contributed by atoms with van der Waals surface area (Å²) in [5, 5.41) is 6.03. The van der Waals surface area contributed by atoms with Gasteiger partial charge in [-0.1, -0.05) is 61.4 Å². The molecule has 4 amide bonds. The molecule has 5 aromatic carbocycles. The van der Waals surface area contributed by atoms with Crippen LogP contribution in [0, 0.1) is 11.2 Å². The van der Waals surface area contributed by atoms with Gasteiger partial charge < -0.3 is 15.1 Å². The van der Waals surface area contributed by atoms with Gasteiger partial charge in [0.2, 0.25) is 11.8 Å². The second-order valence-electron chi connectivity index (χ2n) is 24.3. The molecule has 0 radical (unpaired) electrons. The summed E-state index contributed by atoms with van der Waals surface area (Å²) in [6.07, 6.45) is 5.36. The molecule has 462 valence electrons.